The van der Waals surface area contributed by atoms with Crippen LogP contribution in [0.15, 0.2) is 72.8 Å². The average molecular weight is 496 g/mol. The summed E-state index contributed by atoms with van der Waals surface area (Å²) in [5.74, 6) is -1.52. The van der Waals surface area contributed by atoms with E-state index in [2.05, 4.69) is 15.6 Å². The number of fused-ring (bicyclic) bond motifs is 1. The van der Waals surface area contributed by atoms with Gasteiger partial charge in [-0.2, -0.15) is 0 Å². The standard InChI is InChI=1S/C25H23ClFN5O3/c1-35-14-13-28-25(34)24(17-7-3-2-4-8-17)32(18-11-12-20(27)19(26)15-18)23(33)16-31-22-10-6-5-9-21(22)29-30-31/h2-12,15,24H,13-14,16H2,1H3,(H,28,34). The van der Waals surface area contributed by atoms with E-state index in [4.69, 9.17) is 16.3 Å². The molecule has 0 bridgehead atoms. The molecule has 0 saturated heterocycles. The number of para-hydroxylation sites is 1. The molecule has 0 radical (unpaired) electrons. The molecule has 3 aromatic carbocycles. The first kappa shape index (κ1) is 24.3. The van der Waals surface area contributed by atoms with Gasteiger partial charge in [0, 0.05) is 19.3 Å². The summed E-state index contributed by atoms with van der Waals surface area (Å²) in [5.41, 5.74) is 2.13. The van der Waals surface area contributed by atoms with E-state index in [-0.39, 0.29) is 23.8 Å². The van der Waals surface area contributed by atoms with Crippen molar-refractivity contribution in [3.63, 3.8) is 0 Å². The number of aromatic nitrogens is 3. The molecule has 8 nitrogen and oxygen atoms in total. The molecule has 4 aromatic rings. The molecule has 1 heterocycles. The van der Waals surface area contributed by atoms with Crippen LogP contribution in [0.25, 0.3) is 11.0 Å². The Kier molecular flexibility index (Phi) is 7.69. The van der Waals surface area contributed by atoms with Crippen molar-refractivity contribution >= 4 is 40.1 Å². The fourth-order valence-electron chi connectivity index (χ4n) is 3.74. The van der Waals surface area contributed by atoms with Crippen LogP contribution in [0.3, 0.4) is 0 Å². The lowest BCUT2D eigenvalue weighted by Gasteiger charge is -2.31. The SMILES string of the molecule is COCCNC(=O)C(c1ccccc1)N(C(=O)Cn1nnc2ccccc21)c1ccc(F)c(Cl)c1. The van der Waals surface area contributed by atoms with Gasteiger partial charge in [-0.05, 0) is 35.9 Å². The van der Waals surface area contributed by atoms with E-state index < -0.39 is 23.7 Å². The molecule has 0 aliphatic heterocycles. The van der Waals surface area contributed by atoms with E-state index in [1.165, 1.54) is 28.8 Å². The third kappa shape index (κ3) is 5.47. The molecule has 180 valence electrons. The predicted molar refractivity (Wildman–Crippen MR) is 130 cm³/mol. The molecule has 0 aliphatic rings. The van der Waals surface area contributed by atoms with Crippen molar-refractivity contribution in [3.8, 4) is 0 Å². The van der Waals surface area contributed by atoms with Crippen LogP contribution in [0.5, 0.6) is 0 Å². The second-order valence-corrected chi connectivity index (χ2v) is 8.10. The Bertz CT molecular complexity index is 1330. The molecule has 0 fully saturated rings. The summed E-state index contributed by atoms with van der Waals surface area (Å²) < 4.78 is 20.5. The van der Waals surface area contributed by atoms with Crippen molar-refractivity contribution in [1.82, 2.24) is 20.3 Å². The summed E-state index contributed by atoms with van der Waals surface area (Å²) in [6, 6.07) is 18.9. The smallest absolute Gasteiger partial charge is 0.249 e. The zero-order valence-electron chi connectivity index (χ0n) is 18.9. The molecule has 1 aromatic heterocycles. The molecule has 4 rings (SSSR count). The first-order valence-corrected chi connectivity index (χ1v) is 11.2. The number of hydrogen-bond acceptors (Lipinski definition) is 5. The Morgan fingerprint density at radius 3 is 2.60 bits per heavy atom. The van der Waals surface area contributed by atoms with Gasteiger partial charge in [-0.1, -0.05) is 59.3 Å². The first-order valence-electron chi connectivity index (χ1n) is 10.9. The summed E-state index contributed by atoms with van der Waals surface area (Å²) in [6.45, 7) is 0.345. The monoisotopic (exact) mass is 495 g/mol. The normalized spacial score (nSPS) is 11.9. The number of amides is 2. The number of carbonyl (C=O) groups is 2. The maximum absolute atomic E-state index is 14.0. The van der Waals surface area contributed by atoms with Gasteiger partial charge >= 0.3 is 0 Å². The number of benzene rings is 3. The van der Waals surface area contributed by atoms with E-state index >= 15 is 0 Å². The van der Waals surface area contributed by atoms with Gasteiger partial charge in [-0.25, -0.2) is 9.07 Å². The van der Waals surface area contributed by atoms with Crippen molar-refractivity contribution < 1.29 is 18.7 Å². The highest BCUT2D eigenvalue weighted by Gasteiger charge is 2.33. The Hall–Kier alpha value is -3.82. The fraction of sp³-hybridized carbons (Fsp3) is 0.200. The topological polar surface area (TPSA) is 89.4 Å². The second-order valence-electron chi connectivity index (χ2n) is 7.70. The summed E-state index contributed by atoms with van der Waals surface area (Å²) in [7, 11) is 1.53. The summed E-state index contributed by atoms with van der Waals surface area (Å²) in [6.07, 6.45) is 0. The Morgan fingerprint density at radius 1 is 1.11 bits per heavy atom. The number of hydrogen-bond donors (Lipinski definition) is 1. The van der Waals surface area contributed by atoms with Gasteiger partial charge in [0.25, 0.3) is 0 Å². The van der Waals surface area contributed by atoms with E-state index in [9.17, 15) is 14.0 Å². The predicted octanol–water partition coefficient (Wildman–Crippen LogP) is 3.76. The fourth-order valence-corrected chi connectivity index (χ4v) is 3.91. The largest absolute Gasteiger partial charge is 0.383 e. The second kappa shape index (κ2) is 11.1. The number of rotatable bonds is 9. The van der Waals surface area contributed by atoms with Crippen LogP contribution in [0, 0.1) is 5.82 Å². The van der Waals surface area contributed by atoms with Gasteiger partial charge in [0.15, 0.2) is 0 Å². The van der Waals surface area contributed by atoms with Gasteiger partial charge in [-0.15, -0.1) is 5.10 Å². The zero-order chi connectivity index (χ0) is 24.8. The highest BCUT2D eigenvalue weighted by Crippen LogP contribution is 2.31. The van der Waals surface area contributed by atoms with Crippen LogP contribution in [-0.4, -0.2) is 47.1 Å². The molecule has 1 unspecified atom stereocenters. The number of halogens is 2. The maximum atomic E-state index is 14.0. The molecule has 0 saturated carbocycles. The van der Waals surface area contributed by atoms with Crippen LogP contribution in [0.1, 0.15) is 11.6 Å². The van der Waals surface area contributed by atoms with E-state index in [0.717, 1.165) is 6.07 Å². The van der Waals surface area contributed by atoms with E-state index in [0.29, 0.717) is 23.2 Å². The van der Waals surface area contributed by atoms with Crippen LogP contribution in [0.2, 0.25) is 5.02 Å². The first-order chi connectivity index (χ1) is 17.0. The lowest BCUT2D eigenvalue weighted by Crippen LogP contribution is -2.46. The van der Waals surface area contributed by atoms with Crippen molar-refractivity contribution in [3.05, 3.63) is 89.2 Å². The van der Waals surface area contributed by atoms with Crippen LogP contribution in [0.4, 0.5) is 10.1 Å². The Balaban J connectivity index is 1.78. The van der Waals surface area contributed by atoms with Crippen molar-refractivity contribution in [2.75, 3.05) is 25.2 Å². The molecular formula is C25H23ClFN5O3. The van der Waals surface area contributed by atoms with Crippen molar-refractivity contribution in [2.24, 2.45) is 0 Å². The molecule has 0 aliphatic carbocycles. The number of nitrogens with one attached hydrogen (secondary N) is 1. The molecule has 1 atom stereocenters. The van der Waals surface area contributed by atoms with Crippen molar-refractivity contribution in [2.45, 2.75) is 12.6 Å². The van der Waals surface area contributed by atoms with E-state index in [1.807, 2.05) is 18.2 Å². The lowest BCUT2D eigenvalue weighted by atomic mass is 10.0. The molecular weight excluding hydrogens is 473 g/mol. The number of anilines is 1. The average Bonchev–Trinajstić information content (AvgIpc) is 3.27. The number of nitrogens with zero attached hydrogens (tertiary/aromatic N) is 4. The quantitative estimate of drug-likeness (QED) is 0.357. The molecule has 1 N–H and O–H groups in total. The molecule has 10 heteroatoms. The van der Waals surface area contributed by atoms with Gasteiger partial charge in [0.05, 0.1) is 17.1 Å². The van der Waals surface area contributed by atoms with Crippen LogP contribution in [-0.2, 0) is 20.9 Å². The minimum absolute atomic E-state index is 0.168. The Morgan fingerprint density at radius 2 is 1.86 bits per heavy atom. The molecule has 35 heavy (non-hydrogen) atoms. The maximum Gasteiger partial charge on any atom is 0.249 e. The van der Waals surface area contributed by atoms with Gasteiger partial charge in [0.2, 0.25) is 11.8 Å². The molecule has 2 amide bonds. The van der Waals surface area contributed by atoms with Crippen molar-refractivity contribution in [1.29, 1.82) is 0 Å². The Labute approximate surface area is 206 Å². The van der Waals surface area contributed by atoms with Crippen LogP contribution >= 0.6 is 11.6 Å². The van der Waals surface area contributed by atoms with Gasteiger partial charge in [-0.3, -0.25) is 14.5 Å². The summed E-state index contributed by atoms with van der Waals surface area (Å²) in [4.78, 5) is 28.5. The number of ether oxygens (including phenoxy) is 1. The lowest BCUT2D eigenvalue weighted by molar-refractivity contribution is -0.127. The number of carbonyl (C=O) groups excluding carboxylic acids is 2. The van der Waals surface area contributed by atoms with Gasteiger partial charge in [0.1, 0.15) is 23.9 Å². The minimum atomic E-state index is -1.06. The summed E-state index contributed by atoms with van der Waals surface area (Å²) in [5, 5.41) is 10.8. The summed E-state index contributed by atoms with van der Waals surface area (Å²) >= 11 is 6.06. The highest BCUT2D eigenvalue weighted by atomic mass is 35.5. The molecule has 0 spiro atoms. The highest BCUT2D eigenvalue weighted by molar-refractivity contribution is 6.31. The van der Waals surface area contributed by atoms with Crippen LogP contribution < -0.4 is 10.2 Å². The number of methoxy groups -OCH3 is 1. The third-order valence-corrected chi connectivity index (χ3v) is 5.67. The van der Waals surface area contributed by atoms with E-state index in [1.54, 1.807) is 36.4 Å². The van der Waals surface area contributed by atoms with Gasteiger partial charge < -0.3 is 10.1 Å². The zero-order valence-corrected chi connectivity index (χ0v) is 19.7. The minimum Gasteiger partial charge on any atom is -0.383 e. The third-order valence-electron chi connectivity index (χ3n) is 5.38.